The standard InChI is InChI=1S/C21H35N3O/c1-15(2)25-21-14-19(16(3)13-20(21)22)17-5-7-18(8-6-17)24-11-9-23(4)10-12-24/h13-15,17-18H,5-12,22H2,1-4H3. The van der Waals surface area contributed by atoms with Gasteiger partial charge in [-0.05, 0) is 82.7 Å². The minimum Gasteiger partial charge on any atom is -0.489 e. The second-order valence-electron chi connectivity index (χ2n) is 8.26. The number of nitrogens with two attached hydrogens (primary N) is 1. The van der Waals surface area contributed by atoms with Gasteiger partial charge in [-0.2, -0.15) is 0 Å². The molecule has 4 heteroatoms. The van der Waals surface area contributed by atoms with E-state index in [0.29, 0.717) is 5.92 Å². The van der Waals surface area contributed by atoms with Crippen LogP contribution in [0.15, 0.2) is 12.1 Å². The van der Waals surface area contributed by atoms with Crippen molar-refractivity contribution in [1.29, 1.82) is 0 Å². The van der Waals surface area contributed by atoms with Crippen LogP contribution < -0.4 is 10.5 Å². The molecule has 0 atom stereocenters. The first kappa shape index (κ1) is 18.5. The summed E-state index contributed by atoms with van der Waals surface area (Å²) < 4.78 is 5.92. The zero-order chi connectivity index (χ0) is 18.0. The van der Waals surface area contributed by atoms with Crippen LogP contribution in [0.2, 0.25) is 0 Å². The average Bonchev–Trinajstić information content (AvgIpc) is 2.58. The molecule has 2 aliphatic rings. The molecule has 1 aromatic carbocycles. The van der Waals surface area contributed by atoms with Crippen molar-refractivity contribution in [3.8, 4) is 5.75 Å². The number of nitrogen functional groups attached to an aromatic ring is 1. The van der Waals surface area contributed by atoms with Crippen LogP contribution in [0.25, 0.3) is 0 Å². The molecule has 2 N–H and O–H groups in total. The zero-order valence-electron chi connectivity index (χ0n) is 16.4. The van der Waals surface area contributed by atoms with Gasteiger partial charge in [0.1, 0.15) is 5.75 Å². The van der Waals surface area contributed by atoms with Gasteiger partial charge in [0.15, 0.2) is 0 Å². The van der Waals surface area contributed by atoms with Crippen molar-refractivity contribution >= 4 is 5.69 Å². The number of anilines is 1. The molecule has 0 spiro atoms. The van der Waals surface area contributed by atoms with Crippen molar-refractivity contribution in [2.45, 2.75) is 64.5 Å². The lowest BCUT2D eigenvalue weighted by Gasteiger charge is -2.41. The maximum Gasteiger partial charge on any atom is 0.142 e. The molecule has 4 nitrogen and oxygen atoms in total. The van der Waals surface area contributed by atoms with Crippen LogP contribution in [0.3, 0.4) is 0 Å². The maximum atomic E-state index is 6.16. The van der Waals surface area contributed by atoms with E-state index in [1.807, 2.05) is 0 Å². The molecule has 1 aliphatic carbocycles. The molecule has 1 aliphatic heterocycles. The number of hydrogen-bond acceptors (Lipinski definition) is 4. The molecule has 0 aromatic heterocycles. The molecular formula is C21H35N3O. The summed E-state index contributed by atoms with van der Waals surface area (Å²) in [4.78, 5) is 5.16. The molecule has 1 heterocycles. The van der Waals surface area contributed by atoms with Gasteiger partial charge in [-0.1, -0.05) is 0 Å². The Bertz CT molecular complexity index is 571. The molecule has 25 heavy (non-hydrogen) atoms. The van der Waals surface area contributed by atoms with Gasteiger partial charge in [0, 0.05) is 32.2 Å². The molecule has 1 aromatic rings. The number of aryl methyl sites for hydroxylation is 1. The largest absolute Gasteiger partial charge is 0.489 e. The van der Waals surface area contributed by atoms with E-state index in [1.54, 1.807) is 0 Å². The second-order valence-corrected chi connectivity index (χ2v) is 8.26. The second kappa shape index (κ2) is 7.96. The van der Waals surface area contributed by atoms with E-state index < -0.39 is 0 Å². The summed E-state index contributed by atoms with van der Waals surface area (Å²) in [5.41, 5.74) is 9.69. The van der Waals surface area contributed by atoms with Gasteiger partial charge in [-0.3, -0.25) is 4.90 Å². The summed E-state index contributed by atoms with van der Waals surface area (Å²) >= 11 is 0. The van der Waals surface area contributed by atoms with Gasteiger partial charge < -0.3 is 15.4 Å². The van der Waals surface area contributed by atoms with Gasteiger partial charge in [0.2, 0.25) is 0 Å². The highest BCUT2D eigenvalue weighted by atomic mass is 16.5. The fraction of sp³-hybridized carbons (Fsp3) is 0.714. The van der Waals surface area contributed by atoms with E-state index in [2.05, 4.69) is 49.8 Å². The third-order valence-corrected chi connectivity index (χ3v) is 5.95. The number of ether oxygens (including phenoxy) is 1. The molecule has 1 saturated heterocycles. The highest BCUT2D eigenvalue weighted by Gasteiger charge is 2.29. The number of likely N-dealkylation sites (N-methyl/N-ethyl adjacent to an activating group) is 1. The highest BCUT2D eigenvalue weighted by Crippen LogP contribution is 2.39. The Hall–Kier alpha value is -1.26. The Labute approximate surface area is 153 Å². The molecule has 0 bridgehead atoms. The molecule has 2 fully saturated rings. The topological polar surface area (TPSA) is 41.7 Å². The molecule has 0 unspecified atom stereocenters. The van der Waals surface area contributed by atoms with Crippen LogP contribution in [0.5, 0.6) is 5.75 Å². The third kappa shape index (κ3) is 4.48. The van der Waals surface area contributed by atoms with Gasteiger partial charge in [-0.25, -0.2) is 0 Å². The lowest BCUT2D eigenvalue weighted by Crippen LogP contribution is -2.49. The first-order valence-corrected chi connectivity index (χ1v) is 9.93. The summed E-state index contributed by atoms with van der Waals surface area (Å²) in [7, 11) is 2.23. The predicted octanol–water partition coefficient (Wildman–Crippen LogP) is 3.64. The summed E-state index contributed by atoms with van der Waals surface area (Å²) in [5.74, 6) is 1.51. The van der Waals surface area contributed by atoms with Gasteiger partial charge in [0.05, 0.1) is 11.8 Å². The molecule has 140 valence electrons. The summed E-state index contributed by atoms with van der Waals surface area (Å²) in [6, 6.07) is 5.09. The lowest BCUT2D eigenvalue weighted by atomic mass is 9.79. The average molecular weight is 346 g/mol. The molecule has 1 saturated carbocycles. The minimum absolute atomic E-state index is 0.158. The number of nitrogens with zero attached hydrogens (tertiary/aromatic N) is 2. The van der Waals surface area contributed by atoms with Crippen LogP contribution in [0, 0.1) is 6.92 Å². The van der Waals surface area contributed by atoms with E-state index in [0.717, 1.165) is 17.5 Å². The van der Waals surface area contributed by atoms with Gasteiger partial charge in [0.25, 0.3) is 0 Å². The van der Waals surface area contributed by atoms with Gasteiger partial charge >= 0.3 is 0 Å². The van der Waals surface area contributed by atoms with Crippen LogP contribution in [-0.2, 0) is 0 Å². The van der Waals surface area contributed by atoms with Crippen LogP contribution >= 0.6 is 0 Å². The molecule has 3 rings (SSSR count). The number of piperazine rings is 1. The SMILES string of the molecule is Cc1cc(N)c(OC(C)C)cc1C1CCC(N2CCN(C)CC2)CC1. The van der Waals surface area contributed by atoms with Crippen molar-refractivity contribution < 1.29 is 4.74 Å². The van der Waals surface area contributed by atoms with E-state index in [1.165, 1.54) is 63.0 Å². The quantitative estimate of drug-likeness (QED) is 0.846. The van der Waals surface area contributed by atoms with Crippen LogP contribution in [0.1, 0.15) is 56.6 Å². The third-order valence-electron chi connectivity index (χ3n) is 5.95. The maximum absolute atomic E-state index is 6.16. The van der Waals surface area contributed by atoms with Crippen molar-refractivity contribution in [3.63, 3.8) is 0 Å². The molecule has 0 radical (unpaired) electrons. The first-order valence-electron chi connectivity index (χ1n) is 9.93. The monoisotopic (exact) mass is 345 g/mol. The normalized spacial score (nSPS) is 26.1. The van der Waals surface area contributed by atoms with Gasteiger partial charge in [-0.15, -0.1) is 0 Å². The van der Waals surface area contributed by atoms with E-state index in [-0.39, 0.29) is 6.10 Å². The Kier molecular flexibility index (Phi) is 5.90. The van der Waals surface area contributed by atoms with Crippen LogP contribution in [0.4, 0.5) is 5.69 Å². The zero-order valence-corrected chi connectivity index (χ0v) is 16.4. The molecular weight excluding hydrogens is 310 g/mol. The Morgan fingerprint density at radius 1 is 1.04 bits per heavy atom. The fourth-order valence-electron chi connectivity index (χ4n) is 4.46. The van der Waals surface area contributed by atoms with Crippen molar-refractivity contribution in [2.24, 2.45) is 0 Å². The summed E-state index contributed by atoms with van der Waals surface area (Å²) in [6.45, 7) is 11.2. The number of rotatable bonds is 4. The number of benzene rings is 1. The lowest BCUT2D eigenvalue weighted by molar-refractivity contribution is 0.0878. The number of hydrogen-bond donors (Lipinski definition) is 1. The van der Waals surface area contributed by atoms with E-state index >= 15 is 0 Å². The van der Waals surface area contributed by atoms with Crippen molar-refractivity contribution in [1.82, 2.24) is 9.80 Å². The first-order chi connectivity index (χ1) is 11.9. The fourth-order valence-corrected chi connectivity index (χ4v) is 4.46. The van der Waals surface area contributed by atoms with E-state index in [4.69, 9.17) is 10.5 Å². The predicted molar refractivity (Wildman–Crippen MR) is 105 cm³/mol. The highest BCUT2D eigenvalue weighted by molar-refractivity contribution is 5.57. The Balaban J connectivity index is 1.64. The van der Waals surface area contributed by atoms with Crippen molar-refractivity contribution in [2.75, 3.05) is 39.0 Å². The summed E-state index contributed by atoms with van der Waals surface area (Å²) in [5, 5.41) is 0. The Morgan fingerprint density at radius 2 is 1.68 bits per heavy atom. The van der Waals surface area contributed by atoms with E-state index in [9.17, 15) is 0 Å². The summed E-state index contributed by atoms with van der Waals surface area (Å²) in [6.07, 6.45) is 5.36. The minimum atomic E-state index is 0.158. The van der Waals surface area contributed by atoms with Crippen molar-refractivity contribution in [3.05, 3.63) is 23.3 Å². The van der Waals surface area contributed by atoms with Crippen LogP contribution in [-0.4, -0.2) is 55.2 Å². The molecule has 0 amide bonds. The Morgan fingerprint density at radius 3 is 2.28 bits per heavy atom. The smallest absolute Gasteiger partial charge is 0.142 e.